The number of hydrogen-bond donors (Lipinski definition) is 1. The Balaban J connectivity index is 2.74. The van der Waals surface area contributed by atoms with E-state index >= 15 is 0 Å². The molecule has 1 fully saturated rings. The van der Waals surface area contributed by atoms with Crippen molar-refractivity contribution in [1.82, 2.24) is 15.1 Å². The molecule has 0 aromatic heterocycles. The first-order valence-corrected chi connectivity index (χ1v) is 6.47. The molecular formula is C12H20F3N3O2. The summed E-state index contributed by atoms with van der Waals surface area (Å²) in [5.41, 5.74) is 0. The number of nitrogens with zero attached hydrogens (tertiary/aromatic N) is 2. The molecule has 0 aromatic carbocycles. The van der Waals surface area contributed by atoms with Crippen LogP contribution in [0.1, 0.15) is 12.8 Å². The number of piperidine rings is 1. The summed E-state index contributed by atoms with van der Waals surface area (Å²) >= 11 is 0. The first-order valence-electron chi connectivity index (χ1n) is 6.47. The third-order valence-corrected chi connectivity index (χ3v) is 3.15. The minimum Gasteiger partial charge on any atom is -0.347 e. The molecule has 1 aliphatic heterocycles. The van der Waals surface area contributed by atoms with Gasteiger partial charge in [-0.15, -0.1) is 0 Å². The zero-order valence-corrected chi connectivity index (χ0v) is 11.7. The van der Waals surface area contributed by atoms with Gasteiger partial charge in [0, 0.05) is 20.6 Å². The van der Waals surface area contributed by atoms with E-state index in [4.69, 9.17) is 0 Å². The van der Waals surface area contributed by atoms with E-state index in [0.717, 1.165) is 13.0 Å². The maximum atomic E-state index is 12.6. The highest BCUT2D eigenvalue weighted by Gasteiger charge is 2.36. The molecule has 0 radical (unpaired) electrons. The fraction of sp³-hybridized carbons (Fsp3) is 0.833. The lowest BCUT2D eigenvalue weighted by atomic mass is 9.98. The SMILES string of the molecule is CN(C)C(=O)CN(CC(F)(F)F)C(=O)[C@H]1CCCNC1. The Bertz CT molecular complexity index is 352. The van der Waals surface area contributed by atoms with Crippen molar-refractivity contribution in [3.63, 3.8) is 0 Å². The number of hydrogen-bond acceptors (Lipinski definition) is 3. The maximum Gasteiger partial charge on any atom is 0.406 e. The molecule has 0 unspecified atom stereocenters. The average molecular weight is 295 g/mol. The van der Waals surface area contributed by atoms with E-state index in [2.05, 4.69) is 5.32 Å². The van der Waals surface area contributed by atoms with Gasteiger partial charge in [0.1, 0.15) is 13.1 Å². The molecule has 20 heavy (non-hydrogen) atoms. The molecule has 116 valence electrons. The average Bonchev–Trinajstić information content (AvgIpc) is 2.36. The topological polar surface area (TPSA) is 52.7 Å². The van der Waals surface area contributed by atoms with Gasteiger partial charge in [-0.2, -0.15) is 13.2 Å². The molecule has 1 aliphatic rings. The van der Waals surface area contributed by atoms with Gasteiger partial charge in [0.15, 0.2) is 0 Å². The molecule has 0 aliphatic carbocycles. The number of halogens is 3. The van der Waals surface area contributed by atoms with Crippen molar-refractivity contribution in [3.8, 4) is 0 Å². The molecule has 0 saturated carbocycles. The minimum atomic E-state index is -4.51. The molecule has 0 aromatic rings. The Hall–Kier alpha value is -1.31. The van der Waals surface area contributed by atoms with Crippen LogP contribution in [0.3, 0.4) is 0 Å². The van der Waals surface area contributed by atoms with Crippen LogP contribution in [0, 0.1) is 5.92 Å². The lowest BCUT2D eigenvalue weighted by molar-refractivity contribution is -0.166. The molecular weight excluding hydrogens is 275 g/mol. The van der Waals surface area contributed by atoms with Crippen LogP contribution in [-0.2, 0) is 9.59 Å². The number of rotatable bonds is 4. The predicted molar refractivity (Wildman–Crippen MR) is 66.9 cm³/mol. The second-order valence-corrected chi connectivity index (χ2v) is 5.14. The van der Waals surface area contributed by atoms with Gasteiger partial charge in [-0.1, -0.05) is 0 Å². The van der Waals surface area contributed by atoms with Crippen molar-refractivity contribution in [2.24, 2.45) is 5.92 Å². The highest BCUT2D eigenvalue weighted by Crippen LogP contribution is 2.20. The molecule has 5 nitrogen and oxygen atoms in total. The quantitative estimate of drug-likeness (QED) is 0.820. The second-order valence-electron chi connectivity index (χ2n) is 5.14. The Labute approximate surface area is 116 Å². The van der Waals surface area contributed by atoms with Gasteiger partial charge in [0.2, 0.25) is 11.8 Å². The van der Waals surface area contributed by atoms with Crippen LogP contribution in [0.5, 0.6) is 0 Å². The van der Waals surface area contributed by atoms with Crippen LogP contribution >= 0.6 is 0 Å². The van der Waals surface area contributed by atoms with E-state index in [9.17, 15) is 22.8 Å². The van der Waals surface area contributed by atoms with E-state index in [1.807, 2.05) is 0 Å². The molecule has 2 amide bonds. The molecule has 0 spiro atoms. The summed E-state index contributed by atoms with van der Waals surface area (Å²) in [5.74, 6) is -1.61. The Morgan fingerprint density at radius 1 is 1.30 bits per heavy atom. The van der Waals surface area contributed by atoms with Gasteiger partial charge in [0.05, 0.1) is 5.92 Å². The molecule has 1 saturated heterocycles. The van der Waals surface area contributed by atoms with Crippen LogP contribution < -0.4 is 5.32 Å². The summed E-state index contributed by atoms with van der Waals surface area (Å²) < 4.78 is 37.7. The van der Waals surface area contributed by atoms with Crippen LogP contribution in [0.15, 0.2) is 0 Å². The highest BCUT2D eigenvalue weighted by molar-refractivity contribution is 5.86. The predicted octanol–water partition coefficient (Wildman–Crippen LogP) is 0.465. The Morgan fingerprint density at radius 3 is 2.40 bits per heavy atom. The molecule has 1 rings (SSSR count). The Kier molecular flexibility index (Phi) is 5.79. The van der Waals surface area contributed by atoms with Crippen LogP contribution in [0.25, 0.3) is 0 Å². The van der Waals surface area contributed by atoms with E-state index in [1.54, 1.807) is 0 Å². The second kappa shape index (κ2) is 6.92. The monoisotopic (exact) mass is 295 g/mol. The van der Waals surface area contributed by atoms with E-state index < -0.39 is 37.0 Å². The fourth-order valence-corrected chi connectivity index (χ4v) is 2.05. The summed E-state index contributed by atoms with van der Waals surface area (Å²) in [6.45, 7) is -0.799. The highest BCUT2D eigenvalue weighted by atomic mass is 19.4. The van der Waals surface area contributed by atoms with Gasteiger partial charge in [0.25, 0.3) is 0 Å². The molecule has 8 heteroatoms. The number of likely N-dealkylation sites (N-methyl/N-ethyl adjacent to an activating group) is 1. The van der Waals surface area contributed by atoms with E-state index in [0.29, 0.717) is 17.9 Å². The van der Waals surface area contributed by atoms with Gasteiger partial charge in [-0.3, -0.25) is 9.59 Å². The van der Waals surface area contributed by atoms with Crippen molar-refractivity contribution < 1.29 is 22.8 Å². The van der Waals surface area contributed by atoms with Crippen molar-refractivity contribution in [2.45, 2.75) is 19.0 Å². The number of alkyl halides is 3. The standard InChI is InChI=1S/C12H20F3N3O2/c1-17(2)10(19)7-18(8-12(13,14)15)11(20)9-4-3-5-16-6-9/h9,16H,3-8H2,1-2H3/t9-/m0/s1. The zero-order chi connectivity index (χ0) is 15.3. The van der Waals surface area contributed by atoms with Crippen molar-refractivity contribution >= 4 is 11.8 Å². The van der Waals surface area contributed by atoms with E-state index in [-0.39, 0.29) is 0 Å². The molecule has 0 bridgehead atoms. The van der Waals surface area contributed by atoms with E-state index in [1.165, 1.54) is 19.0 Å². The third-order valence-electron chi connectivity index (χ3n) is 3.15. The first kappa shape index (κ1) is 16.7. The van der Waals surface area contributed by atoms with Gasteiger partial charge in [-0.25, -0.2) is 0 Å². The van der Waals surface area contributed by atoms with Crippen molar-refractivity contribution in [1.29, 1.82) is 0 Å². The normalized spacial score (nSPS) is 19.6. The van der Waals surface area contributed by atoms with Crippen LogP contribution in [0.2, 0.25) is 0 Å². The number of nitrogens with one attached hydrogen (secondary N) is 1. The lowest BCUT2D eigenvalue weighted by Crippen LogP contribution is -2.49. The van der Waals surface area contributed by atoms with Gasteiger partial charge >= 0.3 is 6.18 Å². The molecule has 1 atom stereocenters. The summed E-state index contributed by atoms with van der Waals surface area (Å²) in [7, 11) is 2.89. The fourth-order valence-electron chi connectivity index (χ4n) is 2.05. The largest absolute Gasteiger partial charge is 0.406 e. The summed E-state index contributed by atoms with van der Waals surface area (Å²) in [4.78, 5) is 25.5. The van der Waals surface area contributed by atoms with Crippen LogP contribution in [-0.4, -0.2) is 68.1 Å². The number of carbonyl (C=O) groups is 2. The van der Waals surface area contributed by atoms with Gasteiger partial charge < -0.3 is 15.1 Å². The zero-order valence-electron chi connectivity index (χ0n) is 11.7. The third kappa shape index (κ3) is 5.36. The molecule has 1 heterocycles. The Morgan fingerprint density at radius 2 is 1.95 bits per heavy atom. The molecule has 1 N–H and O–H groups in total. The van der Waals surface area contributed by atoms with Gasteiger partial charge in [-0.05, 0) is 19.4 Å². The number of amides is 2. The number of carbonyl (C=O) groups excluding carboxylic acids is 2. The minimum absolute atomic E-state index is 0.364. The van der Waals surface area contributed by atoms with Crippen molar-refractivity contribution in [3.05, 3.63) is 0 Å². The van der Waals surface area contributed by atoms with Crippen molar-refractivity contribution in [2.75, 3.05) is 40.3 Å². The first-order chi connectivity index (χ1) is 9.20. The maximum absolute atomic E-state index is 12.6. The van der Waals surface area contributed by atoms with Crippen LogP contribution in [0.4, 0.5) is 13.2 Å². The summed E-state index contributed by atoms with van der Waals surface area (Å²) in [6.07, 6.45) is -3.21. The smallest absolute Gasteiger partial charge is 0.347 e. The summed E-state index contributed by atoms with van der Waals surface area (Å²) in [6, 6.07) is 0. The lowest BCUT2D eigenvalue weighted by Gasteiger charge is -2.30. The summed E-state index contributed by atoms with van der Waals surface area (Å²) in [5, 5.41) is 2.99.